The Balaban J connectivity index is 3.12. The number of phenols is 1. The molecule has 0 fully saturated rings. The van der Waals surface area contributed by atoms with Gasteiger partial charge in [0.05, 0.1) is 0 Å². The number of rotatable bonds is 2. The van der Waals surface area contributed by atoms with Gasteiger partial charge in [-0.05, 0) is 37.1 Å². The Bertz CT molecular complexity index is 334. The summed E-state index contributed by atoms with van der Waals surface area (Å²) >= 11 is 5.86. The summed E-state index contributed by atoms with van der Waals surface area (Å²) in [5.74, 6) is 0.0165. The molecule has 1 unspecified atom stereocenters. The Hall–Kier alpha value is -1.02. The van der Waals surface area contributed by atoms with Gasteiger partial charge in [-0.15, -0.1) is 11.6 Å². The zero-order chi connectivity index (χ0) is 10.0. The van der Waals surface area contributed by atoms with Gasteiger partial charge in [0.15, 0.2) is 5.78 Å². The summed E-state index contributed by atoms with van der Waals surface area (Å²) in [6.45, 7) is 3.29. The molecule has 1 atom stereocenters. The molecule has 0 spiro atoms. The smallest absolute Gasteiger partial charge is 0.152 e. The molecule has 0 heterocycles. The molecular weight excluding hydrogens is 188 g/mol. The van der Waals surface area contributed by atoms with Gasteiger partial charge in [0.2, 0.25) is 0 Å². The van der Waals surface area contributed by atoms with Crippen molar-refractivity contribution in [3.63, 3.8) is 0 Å². The number of halogens is 1. The number of phenolic OH excluding ortho intramolecular Hbond substituents is 1. The van der Waals surface area contributed by atoms with E-state index >= 15 is 0 Å². The number of hydrogen-bond acceptors (Lipinski definition) is 2. The van der Waals surface area contributed by atoms with Gasteiger partial charge in [0.25, 0.3) is 0 Å². The molecule has 1 N–H and O–H groups in total. The van der Waals surface area contributed by atoms with E-state index in [0.717, 1.165) is 5.56 Å². The lowest BCUT2D eigenvalue weighted by Crippen LogP contribution is -2.03. The van der Waals surface area contributed by atoms with E-state index in [1.54, 1.807) is 12.1 Å². The number of aromatic hydroxyl groups is 1. The molecule has 0 saturated carbocycles. The van der Waals surface area contributed by atoms with Gasteiger partial charge in [0.1, 0.15) is 11.1 Å². The zero-order valence-electron chi connectivity index (χ0n) is 7.54. The van der Waals surface area contributed by atoms with Crippen molar-refractivity contribution in [2.45, 2.75) is 19.2 Å². The van der Waals surface area contributed by atoms with Gasteiger partial charge in [-0.25, -0.2) is 0 Å². The predicted octanol–water partition coefficient (Wildman–Crippen LogP) is 2.57. The number of carbonyl (C=O) groups excluding carboxylic acids is 1. The van der Waals surface area contributed by atoms with Crippen LogP contribution in [-0.2, 0) is 4.79 Å². The number of hydrogen-bond donors (Lipinski definition) is 1. The first-order chi connectivity index (χ1) is 6.02. The van der Waals surface area contributed by atoms with Crippen molar-refractivity contribution in [2.24, 2.45) is 0 Å². The van der Waals surface area contributed by atoms with E-state index in [-0.39, 0.29) is 11.5 Å². The average Bonchev–Trinajstić information content (AvgIpc) is 2.08. The Kier molecular flexibility index (Phi) is 2.94. The summed E-state index contributed by atoms with van der Waals surface area (Å²) in [6.07, 6.45) is 0. The van der Waals surface area contributed by atoms with Crippen LogP contribution in [0.3, 0.4) is 0 Å². The van der Waals surface area contributed by atoms with Crippen LogP contribution in [0, 0.1) is 6.92 Å². The van der Waals surface area contributed by atoms with Gasteiger partial charge in [-0.3, -0.25) is 4.79 Å². The van der Waals surface area contributed by atoms with E-state index in [9.17, 15) is 9.90 Å². The molecule has 0 saturated heterocycles. The molecule has 1 aromatic rings. The van der Waals surface area contributed by atoms with E-state index in [1.807, 2.05) is 6.92 Å². The Morgan fingerprint density at radius 3 is 2.69 bits per heavy atom. The molecule has 2 nitrogen and oxygen atoms in total. The molecule has 0 aromatic heterocycles. The number of carbonyl (C=O) groups is 1. The molecule has 0 aliphatic heterocycles. The third kappa shape index (κ3) is 2.22. The number of alkyl halides is 1. The van der Waals surface area contributed by atoms with E-state index in [0.29, 0.717) is 5.56 Å². The molecule has 0 amide bonds. The van der Waals surface area contributed by atoms with Crippen LogP contribution in [0.4, 0.5) is 0 Å². The van der Waals surface area contributed by atoms with Crippen molar-refractivity contribution in [3.05, 3.63) is 29.3 Å². The van der Waals surface area contributed by atoms with E-state index in [1.165, 1.54) is 13.0 Å². The first-order valence-corrected chi connectivity index (χ1v) is 4.40. The fraction of sp³-hybridized carbons (Fsp3) is 0.300. The van der Waals surface area contributed by atoms with Crippen LogP contribution in [0.5, 0.6) is 5.75 Å². The van der Waals surface area contributed by atoms with E-state index in [2.05, 4.69) is 0 Å². The van der Waals surface area contributed by atoms with Gasteiger partial charge >= 0.3 is 0 Å². The third-order valence-corrected chi connectivity index (χ3v) is 2.44. The molecule has 1 aromatic carbocycles. The molecule has 0 radical (unpaired) electrons. The third-order valence-electron chi connectivity index (χ3n) is 1.89. The summed E-state index contributed by atoms with van der Waals surface area (Å²) in [7, 11) is 0. The number of ketones is 1. The van der Waals surface area contributed by atoms with Crippen molar-refractivity contribution in [3.8, 4) is 5.75 Å². The maximum atomic E-state index is 11.0. The maximum absolute atomic E-state index is 11.0. The molecular formula is C10H11ClO2. The lowest BCUT2D eigenvalue weighted by molar-refractivity contribution is -0.116. The van der Waals surface area contributed by atoms with Crippen LogP contribution in [-0.4, -0.2) is 10.9 Å². The SMILES string of the molecule is CC(=O)C(Cl)c1cc(O)ccc1C. The highest BCUT2D eigenvalue weighted by Gasteiger charge is 2.15. The van der Waals surface area contributed by atoms with Crippen molar-refractivity contribution in [1.82, 2.24) is 0 Å². The van der Waals surface area contributed by atoms with Crippen LogP contribution in [0.25, 0.3) is 0 Å². The van der Waals surface area contributed by atoms with Gasteiger partial charge in [-0.2, -0.15) is 0 Å². The molecule has 3 heteroatoms. The lowest BCUT2D eigenvalue weighted by Gasteiger charge is -2.09. The minimum absolute atomic E-state index is 0.115. The van der Waals surface area contributed by atoms with Crippen molar-refractivity contribution in [1.29, 1.82) is 0 Å². The highest BCUT2D eigenvalue weighted by Crippen LogP contribution is 2.27. The van der Waals surface area contributed by atoms with Gasteiger partial charge in [-0.1, -0.05) is 6.07 Å². The first-order valence-electron chi connectivity index (χ1n) is 3.96. The second-order valence-corrected chi connectivity index (χ2v) is 3.45. The number of aryl methyl sites for hydroxylation is 1. The lowest BCUT2D eigenvalue weighted by atomic mass is 10.0. The molecule has 13 heavy (non-hydrogen) atoms. The minimum atomic E-state index is -0.660. The van der Waals surface area contributed by atoms with Crippen molar-refractivity contribution < 1.29 is 9.90 Å². The van der Waals surface area contributed by atoms with Crippen LogP contribution in [0.2, 0.25) is 0 Å². The van der Waals surface area contributed by atoms with Crippen molar-refractivity contribution in [2.75, 3.05) is 0 Å². The second kappa shape index (κ2) is 3.79. The number of benzene rings is 1. The number of Topliss-reactive ketones (excluding diaryl/α,β-unsaturated/α-hetero) is 1. The molecule has 0 bridgehead atoms. The van der Waals surface area contributed by atoms with Gasteiger partial charge < -0.3 is 5.11 Å². The summed E-state index contributed by atoms with van der Waals surface area (Å²) < 4.78 is 0. The second-order valence-electron chi connectivity index (χ2n) is 3.01. The van der Waals surface area contributed by atoms with E-state index in [4.69, 9.17) is 11.6 Å². The fourth-order valence-corrected chi connectivity index (χ4v) is 1.36. The van der Waals surface area contributed by atoms with Gasteiger partial charge in [0, 0.05) is 0 Å². The highest BCUT2D eigenvalue weighted by atomic mass is 35.5. The molecule has 0 aliphatic rings. The largest absolute Gasteiger partial charge is 0.508 e. The Morgan fingerprint density at radius 1 is 1.54 bits per heavy atom. The summed E-state index contributed by atoms with van der Waals surface area (Å²) in [6, 6.07) is 4.83. The first kappa shape index (κ1) is 10.1. The van der Waals surface area contributed by atoms with Crippen LogP contribution >= 0.6 is 11.6 Å². The topological polar surface area (TPSA) is 37.3 Å². The summed E-state index contributed by atoms with van der Waals surface area (Å²) in [4.78, 5) is 11.0. The molecule has 1 rings (SSSR count). The van der Waals surface area contributed by atoms with Crippen LogP contribution in [0.15, 0.2) is 18.2 Å². The maximum Gasteiger partial charge on any atom is 0.152 e. The standard InChI is InChI=1S/C10H11ClO2/c1-6-3-4-8(13)5-9(6)10(11)7(2)12/h3-5,10,13H,1-2H3. The Labute approximate surface area is 82.2 Å². The quantitative estimate of drug-likeness (QED) is 0.742. The Morgan fingerprint density at radius 2 is 2.15 bits per heavy atom. The normalized spacial score (nSPS) is 12.5. The molecule has 0 aliphatic carbocycles. The summed E-state index contributed by atoms with van der Waals surface area (Å²) in [5.41, 5.74) is 1.59. The van der Waals surface area contributed by atoms with Crippen LogP contribution in [0.1, 0.15) is 23.4 Å². The molecule has 70 valence electrons. The van der Waals surface area contributed by atoms with E-state index < -0.39 is 5.38 Å². The van der Waals surface area contributed by atoms with Crippen LogP contribution < -0.4 is 0 Å². The average molecular weight is 199 g/mol. The minimum Gasteiger partial charge on any atom is -0.508 e. The fourth-order valence-electron chi connectivity index (χ4n) is 1.12. The van der Waals surface area contributed by atoms with Crippen molar-refractivity contribution >= 4 is 17.4 Å². The summed E-state index contributed by atoms with van der Waals surface area (Å²) in [5, 5.41) is 8.54. The highest BCUT2D eigenvalue weighted by molar-refractivity contribution is 6.30. The zero-order valence-corrected chi connectivity index (χ0v) is 8.30. The monoisotopic (exact) mass is 198 g/mol. The predicted molar refractivity (Wildman–Crippen MR) is 52.1 cm³/mol.